The average Bonchev–Trinajstić information content (AvgIpc) is 3.20. The van der Waals surface area contributed by atoms with E-state index in [9.17, 15) is 9.90 Å². The highest BCUT2D eigenvalue weighted by molar-refractivity contribution is 5.82. The lowest BCUT2D eigenvalue weighted by Crippen LogP contribution is -2.24. The summed E-state index contributed by atoms with van der Waals surface area (Å²) in [4.78, 5) is 14.5. The van der Waals surface area contributed by atoms with Crippen molar-refractivity contribution in [3.05, 3.63) is 63.5 Å². The maximum absolute atomic E-state index is 12.2. The Morgan fingerprint density at radius 3 is 2.70 bits per heavy atom. The minimum absolute atomic E-state index is 0.160. The first-order valence-electron chi connectivity index (χ1n) is 10.3. The second-order valence-corrected chi connectivity index (χ2v) is 7.66. The average molecular weight is 409 g/mol. The van der Waals surface area contributed by atoms with E-state index in [0.29, 0.717) is 18.5 Å². The van der Waals surface area contributed by atoms with Gasteiger partial charge < -0.3 is 19.0 Å². The van der Waals surface area contributed by atoms with E-state index in [-0.39, 0.29) is 11.8 Å². The number of fused-ring (bicyclic) bond motifs is 1. The van der Waals surface area contributed by atoms with Gasteiger partial charge in [-0.2, -0.15) is 0 Å². The number of phenols is 1. The smallest absolute Gasteiger partial charge is 0.336 e. The molecule has 6 heteroatoms. The molecule has 0 bridgehead atoms. The van der Waals surface area contributed by atoms with E-state index in [0.717, 1.165) is 53.0 Å². The first-order chi connectivity index (χ1) is 14.5. The summed E-state index contributed by atoms with van der Waals surface area (Å²) in [6.45, 7) is 3.54. The predicted octanol–water partition coefficient (Wildman–Crippen LogP) is 4.42. The highest BCUT2D eigenvalue weighted by Gasteiger charge is 2.29. The second-order valence-electron chi connectivity index (χ2n) is 7.66. The highest BCUT2D eigenvalue weighted by Crippen LogP contribution is 2.40. The number of methoxy groups -OCH3 is 2. The van der Waals surface area contributed by atoms with E-state index in [1.807, 2.05) is 25.1 Å². The Balaban J connectivity index is 1.72. The fourth-order valence-corrected chi connectivity index (χ4v) is 4.40. The molecule has 1 saturated heterocycles. The van der Waals surface area contributed by atoms with Crippen LogP contribution >= 0.6 is 0 Å². The van der Waals surface area contributed by atoms with Crippen LogP contribution in [-0.2, 0) is 13.0 Å². The van der Waals surface area contributed by atoms with Gasteiger partial charge in [-0.15, -0.1) is 0 Å². The van der Waals surface area contributed by atoms with Crippen molar-refractivity contribution in [2.75, 3.05) is 20.8 Å². The largest absolute Gasteiger partial charge is 0.508 e. The topological polar surface area (TPSA) is 72.1 Å². The lowest BCUT2D eigenvalue weighted by atomic mass is 10.0. The van der Waals surface area contributed by atoms with Crippen LogP contribution in [0.25, 0.3) is 11.0 Å². The van der Waals surface area contributed by atoms with Crippen LogP contribution in [0, 0.1) is 0 Å². The summed E-state index contributed by atoms with van der Waals surface area (Å²) in [5.74, 6) is 1.73. The van der Waals surface area contributed by atoms with Crippen molar-refractivity contribution in [3.63, 3.8) is 0 Å². The van der Waals surface area contributed by atoms with Gasteiger partial charge in [0.2, 0.25) is 0 Å². The van der Waals surface area contributed by atoms with Crippen molar-refractivity contribution in [1.29, 1.82) is 0 Å². The molecule has 1 fully saturated rings. The van der Waals surface area contributed by atoms with Gasteiger partial charge in [0.1, 0.15) is 22.8 Å². The zero-order chi connectivity index (χ0) is 21.3. The van der Waals surface area contributed by atoms with Crippen molar-refractivity contribution in [3.8, 4) is 17.2 Å². The standard InChI is InChI=1S/C24H27NO5/c1-4-15-10-19-16(11-24(27)30-23(19)13-21(15)26)14-25-9-5-6-20(25)18-8-7-17(28-2)12-22(18)29-3/h7-8,10-13,20,26H,4-6,9,14H2,1-3H3/t20-/m1/s1. The number of benzene rings is 2. The molecule has 1 aliphatic rings. The molecule has 0 spiro atoms. The van der Waals surface area contributed by atoms with E-state index >= 15 is 0 Å². The van der Waals surface area contributed by atoms with E-state index in [1.165, 1.54) is 0 Å². The summed E-state index contributed by atoms with van der Waals surface area (Å²) < 4.78 is 16.3. The third kappa shape index (κ3) is 3.75. The van der Waals surface area contributed by atoms with Gasteiger partial charge in [0.25, 0.3) is 0 Å². The number of nitrogens with zero attached hydrogens (tertiary/aromatic N) is 1. The SMILES string of the molecule is CCc1cc2c(CN3CCC[C@@H]3c3ccc(OC)cc3OC)cc(=O)oc2cc1O. The van der Waals surface area contributed by atoms with Crippen LogP contribution in [0.2, 0.25) is 0 Å². The zero-order valence-corrected chi connectivity index (χ0v) is 17.6. The van der Waals surface area contributed by atoms with Gasteiger partial charge in [-0.3, -0.25) is 4.90 Å². The summed E-state index contributed by atoms with van der Waals surface area (Å²) >= 11 is 0. The first kappa shape index (κ1) is 20.3. The molecule has 2 heterocycles. The van der Waals surface area contributed by atoms with Crippen molar-refractivity contribution in [2.24, 2.45) is 0 Å². The summed E-state index contributed by atoms with van der Waals surface area (Å²) in [6, 6.07) is 11.2. The van der Waals surface area contributed by atoms with Gasteiger partial charge in [-0.05, 0) is 49.1 Å². The Morgan fingerprint density at radius 2 is 1.97 bits per heavy atom. The fraction of sp³-hybridized carbons (Fsp3) is 0.375. The Morgan fingerprint density at radius 1 is 1.13 bits per heavy atom. The van der Waals surface area contributed by atoms with Crippen LogP contribution in [0.1, 0.15) is 42.5 Å². The number of ether oxygens (including phenoxy) is 2. The van der Waals surface area contributed by atoms with Crippen LogP contribution in [0.15, 0.2) is 45.6 Å². The number of aromatic hydroxyl groups is 1. The molecule has 158 valence electrons. The number of hydrogen-bond donors (Lipinski definition) is 1. The molecule has 6 nitrogen and oxygen atoms in total. The number of hydrogen-bond acceptors (Lipinski definition) is 6. The van der Waals surface area contributed by atoms with Crippen molar-refractivity contribution >= 4 is 11.0 Å². The normalized spacial score (nSPS) is 16.8. The fourth-order valence-electron chi connectivity index (χ4n) is 4.40. The molecule has 1 aromatic heterocycles. The molecule has 0 amide bonds. The van der Waals surface area contributed by atoms with Crippen LogP contribution in [-0.4, -0.2) is 30.8 Å². The Bertz CT molecular complexity index is 1120. The van der Waals surface area contributed by atoms with Crippen LogP contribution in [0.3, 0.4) is 0 Å². The predicted molar refractivity (Wildman–Crippen MR) is 115 cm³/mol. The summed E-state index contributed by atoms with van der Waals surface area (Å²) in [5, 5.41) is 11.0. The molecular weight excluding hydrogens is 382 g/mol. The third-order valence-electron chi connectivity index (χ3n) is 5.95. The molecule has 0 aliphatic carbocycles. The quantitative estimate of drug-likeness (QED) is 0.608. The second kappa shape index (κ2) is 8.40. The molecule has 1 N–H and O–H groups in total. The van der Waals surface area contributed by atoms with Gasteiger partial charge in [0, 0.05) is 41.7 Å². The molecule has 1 atom stereocenters. The molecule has 0 unspecified atom stereocenters. The third-order valence-corrected chi connectivity index (χ3v) is 5.95. The lowest BCUT2D eigenvalue weighted by molar-refractivity contribution is 0.243. The maximum Gasteiger partial charge on any atom is 0.336 e. The summed E-state index contributed by atoms with van der Waals surface area (Å²) in [7, 11) is 3.32. The number of likely N-dealkylation sites (tertiary alicyclic amines) is 1. The van der Waals surface area contributed by atoms with Crippen molar-refractivity contribution < 1.29 is 19.0 Å². The van der Waals surface area contributed by atoms with Crippen molar-refractivity contribution in [1.82, 2.24) is 4.90 Å². The minimum Gasteiger partial charge on any atom is -0.508 e. The molecule has 0 saturated carbocycles. The monoisotopic (exact) mass is 409 g/mol. The molecule has 3 aromatic rings. The molecular formula is C24H27NO5. The lowest BCUT2D eigenvalue weighted by Gasteiger charge is -2.27. The van der Waals surface area contributed by atoms with E-state index in [4.69, 9.17) is 13.9 Å². The Kier molecular flexibility index (Phi) is 5.68. The van der Waals surface area contributed by atoms with Crippen LogP contribution < -0.4 is 15.1 Å². The molecule has 4 rings (SSSR count). The summed E-state index contributed by atoms with van der Waals surface area (Å²) in [6.07, 6.45) is 2.79. The van der Waals surface area contributed by atoms with Gasteiger partial charge >= 0.3 is 5.63 Å². The number of rotatable bonds is 6. The van der Waals surface area contributed by atoms with Gasteiger partial charge in [-0.1, -0.05) is 13.0 Å². The molecule has 2 aromatic carbocycles. The Labute approximate surface area is 175 Å². The number of aryl methyl sites for hydroxylation is 1. The first-order valence-corrected chi connectivity index (χ1v) is 10.3. The van der Waals surface area contributed by atoms with E-state index in [2.05, 4.69) is 11.0 Å². The maximum atomic E-state index is 12.2. The molecule has 30 heavy (non-hydrogen) atoms. The molecule has 0 radical (unpaired) electrons. The highest BCUT2D eigenvalue weighted by atomic mass is 16.5. The van der Waals surface area contributed by atoms with E-state index in [1.54, 1.807) is 26.4 Å². The zero-order valence-electron chi connectivity index (χ0n) is 17.6. The Hall–Kier alpha value is -2.99. The number of phenolic OH excluding ortho intramolecular Hbond substituents is 1. The van der Waals surface area contributed by atoms with Crippen LogP contribution in [0.4, 0.5) is 0 Å². The van der Waals surface area contributed by atoms with Gasteiger partial charge in [0.15, 0.2) is 0 Å². The molecule has 1 aliphatic heterocycles. The van der Waals surface area contributed by atoms with Crippen molar-refractivity contribution in [2.45, 2.75) is 38.8 Å². The van der Waals surface area contributed by atoms with Crippen LogP contribution in [0.5, 0.6) is 17.2 Å². The minimum atomic E-state index is -0.404. The van der Waals surface area contributed by atoms with E-state index < -0.39 is 5.63 Å². The van der Waals surface area contributed by atoms with Gasteiger partial charge in [-0.25, -0.2) is 4.79 Å². The summed E-state index contributed by atoms with van der Waals surface area (Å²) in [5.41, 5.74) is 2.89. The van der Waals surface area contributed by atoms with Gasteiger partial charge in [0.05, 0.1) is 14.2 Å².